The Labute approximate surface area is 120 Å². The lowest BCUT2D eigenvalue weighted by Gasteiger charge is -2.08. The van der Waals surface area contributed by atoms with Crippen molar-refractivity contribution in [2.45, 2.75) is 27.3 Å². The molecule has 0 atom stereocenters. The largest absolute Gasteiger partial charge is 0.309 e. The molecule has 6 heteroatoms. The van der Waals surface area contributed by atoms with Crippen LogP contribution in [-0.4, -0.2) is 20.7 Å². The van der Waals surface area contributed by atoms with E-state index in [1.807, 2.05) is 32.9 Å². The summed E-state index contributed by atoms with van der Waals surface area (Å²) in [4.78, 5) is 16.1. The van der Waals surface area contributed by atoms with Crippen molar-refractivity contribution >= 4 is 27.7 Å². The van der Waals surface area contributed by atoms with Crippen molar-refractivity contribution in [3.63, 3.8) is 0 Å². The van der Waals surface area contributed by atoms with E-state index in [-0.39, 0.29) is 12.5 Å². The van der Waals surface area contributed by atoms with Crippen LogP contribution in [-0.2, 0) is 11.3 Å². The SMILES string of the molecule is Cc1cc(C)n(CC(=O)Nc2ncc(Br)cc2C)n1. The summed E-state index contributed by atoms with van der Waals surface area (Å²) in [6.45, 7) is 5.92. The van der Waals surface area contributed by atoms with Gasteiger partial charge in [0.15, 0.2) is 0 Å². The molecule has 19 heavy (non-hydrogen) atoms. The van der Waals surface area contributed by atoms with Crippen LogP contribution in [0.3, 0.4) is 0 Å². The molecular weight excluding hydrogens is 308 g/mol. The van der Waals surface area contributed by atoms with Crippen LogP contribution < -0.4 is 5.32 Å². The highest BCUT2D eigenvalue weighted by Crippen LogP contribution is 2.16. The van der Waals surface area contributed by atoms with Crippen molar-refractivity contribution in [2.75, 3.05) is 5.32 Å². The van der Waals surface area contributed by atoms with Gasteiger partial charge in [0.05, 0.1) is 5.69 Å². The van der Waals surface area contributed by atoms with Crippen molar-refractivity contribution < 1.29 is 4.79 Å². The second-order valence-corrected chi connectivity index (χ2v) is 5.37. The molecule has 0 unspecified atom stereocenters. The summed E-state index contributed by atoms with van der Waals surface area (Å²) < 4.78 is 2.57. The maximum absolute atomic E-state index is 12.0. The zero-order chi connectivity index (χ0) is 14.0. The number of hydrogen-bond donors (Lipinski definition) is 1. The average molecular weight is 323 g/mol. The highest BCUT2D eigenvalue weighted by atomic mass is 79.9. The molecule has 1 amide bonds. The third-order valence-electron chi connectivity index (χ3n) is 2.70. The van der Waals surface area contributed by atoms with E-state index in [1.54, 1.807) is 10.9 Å². The van der Waals surface area contributed by atoms with Gasteiger partial charge in [-0.1, -0.05) is 0 Å². The molecule has 0 radical (unpaired) electrons. The Bertz CT molecular complexity index is 621. The van der Waals surface area contributed by atoms with Crippen LogP contribution in [0.15, 0.2) is 22.8 Å². The van der Waals surface area contributed by atoms with Crippen LogP contribution in [0.2, 0.25) is 0 Å². The molecule has 2 heterocycles. The summed E-state index contributed by atoms with van der Waals surface area (Å²) in [5.74, 6) is 0.443. The molecule has 0 saturated carbocycles. The molecule has 0 bridgehead atoms. The Morgan fingerprint density at radius 1 is 1.37 bits per heavy atom. The average Bonchev–Trinajstić information content (AvgIpc) is 2.61. The van der Waals surface area contributed by atoms with Gasteiger partial charge in [-0.3, -0.25) is 9.48 Å². The van der Waals surface area contributed by atoms with Crippen molar-refractivity contribution in [1.82, 2.24) is 14.8 Å². The smallest absolute Gasteiger partial charge is 0.247 e. The fourth-order valence-electron chi connectivity index (χ4n) is 1.81. The Kier molecular flexibility index (Phi) is 3.99. The van der Waals surface area contributed by atoms with Crippen LogP contribution in [0.5, 0.6) is 0 Å². The number of anilines is 1. The number of aryl methyl sites for hydroxylation is 3. The number of aromatic nitrogens is 3. The van der Waals surface area contributed by atoms with E-state index in [1.165, 1.54) is 0 Å². The van der Waals surface area contributed by atoms with Gasteiger partial charge in [-0.2, -0.15) is 5.10 Å². The molecule has 0 aliphatic rings. The van der Waals surface area contributed by atoms with Crippen LogP contribution in [0.1, 0.15) is 17.0 Å². The highest BCUT2D eigenvalue weighted by Gasteiger charge is 2.09. The predicted molar refractivity (Wildman–Crippen MR) is 77.0 cm³/mol. The fraction of sp³-hybridized carbons (Fsp3) is 0.308. The zero-order valence-corrected chi connectivity index (χ0v) is 12.7. The predicted octanol–water partition coefficient (Wildman–Crippen LogP) is 2.60. The number of rotatable bonds is 3. The second kappa shape index (κ2) is 5.52. The third-order valence-corrected chi connectivity index (χ3v) is 3.13. The molecule has 2 rings (SSSR count). The van der Waals surface area contributed by atoms with Gasteiger partial charge in [0.2, 0.25) is 5.91 Å². The maximum atomic E-state index is 12.0. The van der Waals surface area contributed by atoms with Gasteiger partial charge in [-0.15, -0.1) is 0 Å². The van der Waals surface area contributed by atoms with E-state index in [0.717, 1.165) is 21.4 Å². The zero-order valence-electron chi connectivity index (χ0n) is 11.1. The number of hydrogen-bond acceptors (Lipinski definition) is 3. The molecule has 0 aliphatic heterocycles. The molecule has 0 aromatic carbocycles. The van der Waals surface area contributed by atoms with Crippen molar-refractivity contribution in [3.05, 3.63) is 39.8 Å². The number of halogens is 1. The molecular formula is C13H15BrN4O. The van der Waals surface area contributed by atoms with Gasteiger partial charge < -0.3 is 5.32 Å². The first kappa shape index (κ1) is 13.7. The van der Waals surface area contributed by atoms with Gasteiger partial charge >= 0.3 is 0 Å². The number of carbonyl (C=O) groups is 1. The summed E-state index contributed by atoms with van der Waals surface area (Å²) in [7, 11) is 0. The molecule has 2 aromatic heterocycles. The number of nitrogens with zero attached hydrogens (tertiary/aromatic N) is 3. The summed E-state index contributed by atoms with van der Waals surface area (Å²) >= 11 is 3.34. The third kappa shape index (κ3) is 3.41. The molecule has 100 valence electrons. The molecule has 5 nitrogen and oxygen atoms in total. The molecule has 0 saturated heterocycles. The maximum Gasteiger partial charge on any atom is 0.247 e. The van der Waals surface area contributed by atoms with Crippen LogP contribution in [0.25, 0.3) is 0 Å². The van der Waals surface area contributed by atoms with Crippen LogP contribution >= 0.6 is 15.9 Å². The summed E-state index contributed by atoms with van der Waals surface area (Å²) in [6.07, 6.45) is 1.66. The molecule has 1 N–H and O–H groups in total. The fourth-order valence-corrected chi connectivity index (χ4v) is 2.26. The van der Waals surface area contributed by atoms with Crippen LogP contribution in [0.4, 0.5) is 5.82 Å². The lowest BCUT2D eigenvalue weighted by Crippen LogP contribution is -2.21. The van der Waals surface area contributed by atoms with Gasteiger partial charge in [0.1, 0.15) is 12.4 Å². The Morgan fingerprint density at radius 2 is 2.11 bits per heavy atom. The minimum absolute atomic E-state index is 0.135. The van der Waals surface area contributed by atoms with E-state index < -0.39 is 0 Å². The second-order valence-electron chi connectivity index (χ2n) is 4.45. The summed E-state index contributed by atoms with van der Waals surface area (Å²) in [5, 5.41) is 7.05. The Balaban J connectivity index is 2.07. The standard InChI is InChI=1S/C13H15BrN4O/c1-8-4-11(14)6-15-13(8)16-12(19)7-18-10(3)5-9(2)17-18/h4-6H,7H2,1-3H3,(H,15,16,19). The highest BCUT2D eigenvalue weighted by molar-refractivity contribution is 9.10. The van der Waals surface area contributed by atoms with E-state index in [2.05, 4.69) is 31.3 Å². The Hall–Kier alpha value is -1.69. The van der Waals surface area contributed by atoms with E-state index >= 15 is 0 Å². The molecule has 0 spiro atoms. The van der Waals surface area contributed by atoms with Crippen LogP contribution in [0, 0.1) is 20.8 Å². The van der Waals surface area contributed by atoms with Gasteiger partial charge in [-0.25, -0.2) is 4.98 Å². The van der Waals surface area contributed by atoms with E-state index in [9.17, 15) is 4.79 Å². The summed E-state index contributed by atoms with van der Waals surface area (Å²) in [5.41, 5.74) is 2.78. The lowest BCUT2D eigenvalue weighted by molar-refractivity contribution is -0.117. The minimum Gasteiger partial charge on any atom is -0.309 e. The monoisotopic (exact) mass is 322 g/mol. The normalized spacial score (nSPS) is 10.5. The van der Waals surface area contributed by atoms with Gasteiger partial charge in [0.25, 0.3) is 0 Å². The number of amides is 1. The van der Waals surface area contributed by atoms with Crippen molar-refractivity contribution in [2.24, 2.45) is 0 Å². The van der Waals surface area contributed by atoms with Gasteiger partial charge in [0, 0.05) is 16.4 Å². The topological polar surface area (TPSA) is 59.8 Å². The first-order valence-electron chi connectivity index (χ1n) is 5.89. The quantitative estimate of drug-likeness (QED) is 0.944. The Morgan fingerprint density at radius 3 is 2.68 bits per heavy atom. The summed E-state index contributed by atoms with van der Waals surface area (Å²) in [6, 6.07) is 3.85. The molecule has 2 aromatic rings. The molecule has 0 fully saturated rings. The molecule has 0 aliphatic carbocycles. The van der Waals surface area contributed by atoms with Crippen molar-refractivity contribution in [3.8, 4) is 0 Å². The number of pyridine rings is 1. The van der Waals surface area contributed by atoms with Crippen molar-refractivity contribution in [1.29, 1.82) is 0 Å². The van der Waals surface area contributed by atoms with E-state index in [0.29, 0.717) is 5.82 Å². The lowest BCUT2D eigenvalue weighted by atomic mass is 10.3. The van der Waals surface area contributed by atoms with Gasteiger partial charge in [-0.05, 0) is 54.4 Å². The first-order valence-corrected chi connectivity index (χ1v) is 6.68. The number of nitrogens with one attached hydrogen (secondary N) is 1. The first-order chi connectivity index (χ1) is 8.95. The van der Waals surface area contributed by atoms with E-state index in [4.69, 9.17) is 0 Å². The number of carbonyl (C=O) groups excluding carboxylic acids is 1. The minimum atomic E-state index is -0.135.